The summed E-state index contributed by atoms with van der Waals surface area (Å²) in [5.41, 5.74) is 3.66. The fourth-order valence-electron chi connectivity index (χ4n) is 2.05. The van der Waals surface area contributed by atoms with Crippen LogP contribution in [-0.2, 0) is 6.54 Å². The van der Waals surface area contributed by atoms with Gasteiger partial charge in [0.1, 0.15) is 5.75 Å². The zero-order valence-electron chi connectivity index (χ0n) is 11.5. The number of rotatable bonds is 4. The Morgan fingerprint density at radius 1 is 1.15 bits per heavy atom. The van der Waals surface area contributed by atoms with Crippen molar-refractivity contribution in [3.05, 3.63) is 62.0 Å². The fourth-order valence-corrected chi connectivity index (χ4v) is 3.33. The highest BCUT2D eigenvalue weighted by atomic mass is 79.9. The van der Waals surface area contributed by atoms with Crippen molar-refractivity contribution in [1.82, 2.24) is 5.32 Å². The van der Waals surface area contributed by atoms with E-state index in [4.69, 9.17) is 0 Å². The minimum Gasteiger partial charge on any atom is -0.506 e. The van der Waals surface area contributed by atoms with E-state index < -0.39 is 0 Å². The standard InChI is InChI=1S/C16H17Br2NO/c1-10-4-3-5-13(6-10)11(2)19-9-12-7-14(17)16(20)15(18)8-12/h3-8,11,19-20H,9H2,1-2H3/t11-/m1/s1. The Morgan fingerprint density at radius 3 is 2.40 bits per heavy atom. The monoisotopic (exact) mass is 397 g/mol. The lowest BCUT2D eigenvalue weighted by atomic mass is 10.1. The summed E-state index contributed by atoms with van der Waals surface area (Å²) < 4.78 is 1.40. The molecule has 2 N–H and O–H groups in total. The van der Waals surface area contributed by atoms with E-state index in [1.54, 1.807) is 0 Å². The molecule has 2 nitrogen and oxygen atoms in total. The quantitative estimate of drug-likeness (QED) is 0.752. The van der Waals surface area contributed by atoms with Gasteiger partial charge in [-0.3, -0.25) is 0 Å². The molecule has 106 valence electrons. The van der Waals surface area contributed by atoms with Gasteiger partial charge in [0.2, 0.25) is 0 Å². The maximum atomic E-state index is 9.70. The minimum atomic E-state index is 0.237. The predicted octanol–water partition coefficient (Wildman–Crippen LogP) is 5.08. The molecule has 0 bridgehead atoms. The second-order valence-electron chi connectivity index (χ2n) is 4.92. The molecule has 20 heavy (non-hydrogen) atoms. The predicted molar refractivity (Wildman–Crippen MR) is 89.9 cm³/mol. The molecule has 0 saturated heterocycles. The van der Waals surface area contributed by atoms with Gasteiger partial charge in [0.25, 0.3) is 0 Å². The van der Waals surface area contributed by atoms with E-state index in [1.807, 2.05) is 12.1 Å². The van der Waals surface area contributed by atoms with Crippen LogP contribution in [0.5, 0.6) is 5.75 Å². The van der Waals surface area contributed by atoms with Gasteiger partial charge >= 0.3 is 0 Å². The Hall–Kier alpha value is -0.840. The molecule has 0 aliphatic carbocycles. The van der Waals surface area contributed by atoms with Gasteiger partial charge in [-0.25, -0.2) is 0 Å². The van der Waals surface area contributed by atoms with Crippen LogP contribution >= 0.6 is 31.9 Å². The van der Waals surface area contributed by atoms with Crippen LogP contribution in [0, 0.1) is 6.92 Å². The molecule has 0 spiro atoms. The Labute approximate surface area is 136 Å². The molecule has 0 unspecified atom stereocenters. The molecule has 0 fully saturated rings. The van der Waals surface area contributed by atoms with Crippen molar-refractivity contribution >= 4 is 31.9 Å². The van der Waals surface area contributed by atoms with Crippen molar-refractivity contribution in [2.75, 3.05) is 0 Å². The van der Waals surface area contributed by atoms with Gasteiger partial charge in [-0.15, -0.1) is 0 Å². The number of aryl methyl sites for hydroxylation is 1. The van der Waals surface area contributed by atoms with Gasteiger partial charge in [0, 0.05) is 12.6 Å². The summed E-state index contributed by atoms with van der Waals surface area (Å²) in [7, 11) is 0. The van der Waals surface area contributed by atoms with Crippen LogP contribution in [0.1, 0.15) is 29.7 Å². The lowest BCUT2D eigenvalue weighted by molar-refractivity contribution is 0.467. The summed E-state index contributed by atoms with van der Waals surface area (Å²) in [6, 6.07) is 12.6. The van der Waals surface area contributed by atoms with Crippen molar-refractivity contribution in [3.8, 4) is 5.75 Å². The van der Waals surface area contributed by atoms with Crippen molar-refractivity contribution in [2.45, 2.75) is 26.4 Å². The van der Waals surface area contributed by atoms with Crippen LogP contribution in [0.3, 0.4) is 0 Å². The number of phenols is 1. The summed E-state index contributed by atoms with van der Waals surface area (Å²) in [5, 5.41) is 13.2. The maximum Gasteiger partial charge on any atom is 0.143 e. The summed E-state index contributed by atoms with van der Waals surface area (Å²) >= 11 is 6.70. The SMILES string of the molecule is Cc1cccc([C@@H](C)NCc2cc(Br)c(O)c(Br)c2)c1. The zero-order valence-corrected chi connectivity index (χ0v) is 14.6. The maximum absolute atomic E-state index is 9.70. The highest BCUT2D eigenvalue weighted by molar-refractivity contribution is 9.11. The average molecular weight is 399 g/mol. The third kappa shape index (κ3) is 3.84. The summed E-state index contributed by atoms with van der Waals surface area (Å²) in [5.74, 6) is 0.237. The molecular weight excluding hydrogens is 382 g/mol. The molecule has 2 aromatic rings. The summed E-state index contributed by atoms with van der Waals surface area (Å²) in [6.45, 7) is 5.00. The Kier molecular flexibility index (Phi) is 5.24. The molecule has 0 amide bonds. The number of phenolic OH excluding ortho intramolecular Hbond substituents is 1. The summed E-state index contributed by atoms with van der Waals surface area (Å²) in [6.07, 6.45) is 0. The molecule has 0 heterocycles. The number of nitrogens with one attached hydrogen (secondary N) is 1. The molecule has 0 radical (unpaired) electrons. The summed E-state index contributed by atoms with van der Waals surface area (Å²) in [4.78, 5) is 0. The van der Waals surface area contributed by atoms with Crippen molar-refractivity contribution in [2.24, 2.45) is 0 Å². The van der Waals surface area contributed by atoms with Crippen LogP contribution in [0.25, 0.3) is 0 Å². The molecule has 4 heteroatoms. The second-order valence-corrected chi connectivity index (χ2v) is 6.63. The smallest absolute Gasteiger partial charge is 0.143 e. The van der Waals surface area contributed by atoms with Crippen LogP contribution in [0.2, 0.25) is 0 Å². The molecule has 0 aliphatic heterocycles. The number of benzene rings is 2. The van der Waals surface area contributed by atoms with Crippen LogP contribution < -0.4 is 5.32 Å². The van der Waals surface area contributed by atoms with Gasteiger partial charge in [-0.1, -0.05) is 29.8 Å². The highest BCUT2D eigenvalue weighted by Gasteiger charge is 2.08. The number of aromatic hydroxyl groups is 1. The first kappa shape index (κ1) is 15.5. The van der Waals surface area contributed by atoms with E-state index in [1.165, 1.54) is 11.1 Å². The molecule has 2 aromatic carbocycles. The number of hydrogen-bond donors (Lipinski definition) is 2. The lowest BCUT2D eigenvalue weighted by Gasteiger charge is -2.15. The van der Waals surface area contributed by atoms with E-state index in [2.05, 4.69) is 75.3 Å². The molecule has 1 atom stereocenters. The third-order valence-electron chi connectivity index (χ3n) is 3.23. The second kappa shape index (κ2) is 6.74. The lowest BCUT2D eigenvalue weighted by Crippen LogP contribution is -2.18. The Morgan fingerprint density at radius 2 is 1.80 bits per heavy atom. The van der Waals surface area contributed by atoms with Crippen molar-refractivity contribution in [3.63, 3.8) is 0 Å². The molecule has 0 aromatic heterocycles. The van der Waals surface area contributed by atoms with Crippen LogP contribution in [0.15, 0.2) is 45.3 Å². The highest BCUT2D eigenvalue weighted by Crippen LogP contribution is 2.33. The van der Waals surface area contributed by atoms with E-state index in [9.17, 15) is 5.11 Å². The molecule has 0 aliphatic rings. The van der Waals surface area contributed by atoms with E-state index in [0.717, 1.165) is 12.1 Å². The van der Waals surface area contributed by atoms with E-state index >= 15 is 0 Å². The van der Waals surface area contributed by atoms with Crippen molar-refractivity contribution < 1.29 is 5.11 Å². The largest absolute Gasteiger partial charge is 0.506 e. The molecule has 0 saturated carbocycles. The van der Waals surface area contributed by atoms with Gasteiger partial charge < -0.3 is 10.4 Å². The Balaban J connectivity index is 2.05. The van der Waals surface area contributed by atoms with Gasteiger partial charge in [0.05, 0.1) is 8.95 Å². The number of hydrogen-bond acceptors (Lipinski definition) is 2. The van der Waals surface area contributed by atoms with Gasteiger partial charge in [-0.2, -0.15) is 0 Å². The zero-order chi connectivity index (χ0) is 14.7. The van der Waals surface area contributed by atoms with Gasteiger partial charge in [0.15, 0.2) is 0 Å². The van der Waals surface area contributed by atoms with E-state index in [-0.39, 0.29) is 11.8 Å². The topological polar surface area (TPSA) is 32.3 Å². The third-order valence-corrected chi connectivity index (χ3v) is 4.44. The van der Waals surface area contributed by atoms with E-state index in [0.29, 0.717) is 8.95 Å². The molecular formula is C16H17Br2NO. The average Bonchev–Trinajstić information content (AvgIpc) is 2.42. The van der Waals surface area contributed by atoms with Crippen LogP contribution in [0.4, 0.5) is 0 Å². The first-order valence-corrected chi connectivity index (χ1v) is 8.03. The van der Waals surface area contributed by atoms with Crippen molar-refractivity contribution in [1.29, 1.82) is 0 Å². The Bertz CT molecular complexity index is 590. The first-order valence-electron chi connectivity index (χ1n) is 6.44. The van der Waals surface area contributed by atoms with Gasteiger partial charge in [-0.05, 0) is 69.0 Å². The molecule has 2 rings (SSSR count). The van der Waals surface area contributed by atoms with Crippen LogP contribution in [-0.4, -0.2) is 5.11 Å². The minimum absolute atomic E-state index is 0.237. The first-order chi connectivity index (χ1) is 9.47. The fraction of sp³-hybridized carbons (Fsp3) is 0.250. The number of halogens is 2. The normalized spacial score (nSPS) is 12.4.